The molecule has 0 unspecified atom stereocenters. The summed E-state index contributed by atoms with van der Waals surface area (Å²) in [7, 11) is 1.34. The number of rotatable bonds is 5. The largest absolute Gasteiger partial charge is 0.466 e. The first-order valence-electron chi connectivity index (χ1n) is 7.34. The van der Waals surface area contributed by atoms with Gasteiger partial charge in [0.15, 0.2) is 0 Å². The highest BCUT2D eigenvalue weighted by atomic mass is 16.5. The molecule has 122 valence electrons. The minimum Gasteiger partial charge on any atom is -0.466 e. The molecule has 2 aromatic carbocycles. The highest BCUT2D eigenvalue weighted by Gasteiger charge is 2.05. The SMILES string of the molecule is C=C(C)C(=O)Oc1ccc(-c2ccc(C=CC(=O)OC)cc2)cc1. The molecule has 2 rings (SSSR count). The molecule has 0 saturated carbocycles. The van der Waals surface area contributed by atoms with E-state index in [1.54, 1.807) is 25.1 Å². The molecule has 0 saturated heterocycles. The summed E-state index contributed by atoms with van der Waals surface area (Å²) in [6, 6.07) is 14.9. The lowest BCUT2D eigenvalue weighted by Gasteiger charge is -2.06. The quantitative estimate of drug-likeness (QED) is 0.474. The average molecular weight is 322 g/mol. The van der Waals surface area contributed by atoms with E-state index in [9.17, 15) is 9.59 Å². The Morgan fingerprint density at radius 3 is 2.00 bits per heavy atom. The number of carbonyl (C=O) groups excluding carboxylic acids is 2. The van der Waals surface area contributed by atoms with Gasteiger partial charge in [-0.25, -0.2) is 9.59 Å². The number of carbonyl (C=O) groups is 2. The summed E-state index contributed by atoms with van der Waals surface area (Å²) in [5.41, 5.74) is 3.27. The third-order valence-electron chi connectivity index (χ3n) is 3.27. The summed E-state index contributed by atoms with van der Waals surface area (Å²) in [6.45, 7) is 5.15. The van der Waals surface area contributed by atoms with Crippen LogP contribution in [-0.2, 0) is 14.3 Å². The number of ether oxygens (including phenoxy) is 2. The maximum Gasteiger partial charge on any atom is 0.338 e. The second kappa shape index (κ2) is 7.92. The third-order valence-corrected chi connectivity index (χ3v) is 3.27. The predicted molar refractivity (Wildman–Crippen MR) is 93.4 cm³/mol. The number of hydrogen-bond acceptors (Lipinski definition) is 4. The van der Waals surface area contributed by atoms with Crippen LogP contribution in [0.5, 0.6) is 5.75 Å². The van der Waals surface area contributed by atoms with Crippen molar-refractivity contribution in [2.75, 3.05) is 7.11 Å². The Morgan fingerprint density at radius 2 is 1.50 bits per heavy atom. The van der Waals surface area contributed by atoms with Crippen LogP contribution in [0, 0.1) is 0 Å². The van der Waals surface area contributed by atoms with Crippen molar-refractivity contribution in [3.63, 3.8) is 0 Å². The molecule has 24 heavy (non-hydrogen) atoms. The first-order valence-corrected chi connectivity index (χ1v) is 7.34. The molecule has 0 N–H and O–H groups in total. The Morgan fingerprint density at radius 1 is 0.958 bits per heavy atom. The van der Waals surface area contributed by atoms with Gasteiger partial charge < -0.3 is 9.47 Å². The zero-order valence-electron chi connectivity index (χ0n) is 13.6. The van der Waals surface area contributed by atoms with Crippen molar-refractivity contribution in [2.24, 2.45) is 0 Å². The monoisotopic (exact) mass is 322 g/mol. The van der Waals surface area contributed by atoms with Crippen LogP contribution in [0.4, 0.5) is 0 Å². The standard InChI is InChI=1S/C20H18O4/c1-14(2)20(22)24-18-11-9-17(10-12-18)16-7-4-15(5-8-16)6-13-19(21)23-3/h4-13H,1H2,2-3H3. The van der Waals surface area contributed by atoms with Crippen LogP contribution in [-0.4, -0.2) is 19.0 Å². The minimum atomic E-state index is -0.440. The van der Waals surface area contributed by atoms with Crippen LogP contribution in [0.2, 0.25) is 0 Å². The number of methoxy groups -OCH3 is 1. The molecule has 0 amide bonds. The summed E-state index contributed by atoms with van der Waals surface area (Å²) < 4.78 is 9.71. The van der Waals surface area contributed by atoms with Crippen LogP contribution in [0.3, 0.4) is 0 Å². The van der Waals surface area contributed by atoms with Gasteiger partial charge in [-0.05, 0) is 41.8 Å². The number of benzene rings is 2. The van der Waals surface area contributed by atoms with E-state index in [0.29, 0.717) is 11.3 Å². The van der Waals surface area contributed by atoms with Gasteiger partial charge >= 0.3 is 11.9 Å². The van der Waals surface area contributed by atoms with Gasteiger partial charge in [-0.1, -0.05) is 43.0 Å². The molecule has 0 radical (unpaired) electrons. The summed E-state index contributed by atoms with van der Waals surface area (Å²) in [6.07, 6.45) is 3.07. The van der Waals surface area contributed by atoms with Crippen LogP contribution in [0.1, 0.15) is 12.5 Å². The molecule has 4 heteroatoms. The summed E-state index contributed by atoms with van der Waals surface area (Å²) in [5, 5.41) is 0. The van der Waals surface area contributed by atoms with E-state index in [2.05, 4.69) is 11.3 Å². The lowest BCUT2D eigenvalue weighted by atomic mass is 10.0. The van der Waals surface area contributed by atoms with E-state index in [1.807, 2.05) is 36.4 Å². The Kier molecular flexibility index (Phi) is 5.68. The first kappa shape index (κ1) is 17.2. The molecule has 0 spiro atoms. The van der Waals surface area contributed by atoms with Gasteiger partial charge in [0.25, 0.3) is 0 Å². The molecule has 0 aliphatic heterocycles. The maximum atomic E-state index is 11.5. The molecule has 0 heterocycles. The van der Waals surface area contributed by atoms with Crippen molar-refractivity contribution in [1.82, 2.24) is 0 Å². The van der Waals surface area contributed by atoms with Crippen LogP contribution in [0.25, 0.3) is 17.2 Å². The molecule has 4 nitrogen and oxygen atoms in total. The first-order chi connectivity index (χ1) is 11.5. The zero-order valence-corrected chi connectivity index (χ0v) is 13.6. The molecular formula is C20H18O4. The molecule has 0 aliphatic rings. The smallest absolute Gasteiger partial charge is 0.338 e. The van der Waals surface area contributed by atoms with Crippen molar-refractivity contribution in [3.05, 3.63) is 72.3 Å². The van der Waals surface area contributed by atoms with E-state index in [4.69, 9.17) is 4.74 Å². The summed E-state index contributed by atoms with van der Waals surface area (Å²) >= 11 is 0. The highest BCUT2D eigenvalue weighted by Crippen LogP contribution is 2.23. The molecule has 2 aromatic rings. The second-order valence-electron chi connectivity index (χ2n) is 5.17. The van der Waals surface area contributed by atoms with Crippen LogP contribution in [0.15, 0.2) is 66.8 Å². The Labute approximate surface area is 141 Å². The van der Waals surface area contributed by atoms with E-state index < -0.39 is 5.97 Å². The number of hydrogen-bond donors (Lipinski definition) is 0. The molecule has 0 bridgehead atoms. The van der Waals surface area contributed by atoms with Crippen molar-refractivity contribution >= 4 is 18.0 Å². The fourth-order valence-corrected chi connectivity index (χ4v) is 1.93. The zero-order chi connectivity index (χ0) is 17.5. The lowest BCUT2D eigenvalue weighted by molar-refractivity contribution is -0.134. The fourth-order valence-electron chi connectivity index (χ4n) is 1.93. The normalized spacial score (nSPS) is 10.4. The molecule has 0 aliphatic carbocycles. The van der Waals surface area contributed by atoms with E-state index in [-0.39, 0.29) is 5.97 Å². The third kappa shape index (κ3) is 4.68. The van der Waals surface area contributed by atoms with Crippen molar-refractivity contribution in [1.29, 1.82) is 0 Å². The van der Waals surface area contributed by atoms with Gasteiger partial charge in [0.1, 0.15) is 5.75 Å². The molecule has 0 atom stereocenters. The molecule has 0 fully saturated rings. The summed E-state index contributed by atoms with van der Waals surface area (Å²) in [5.74, 6) is -0.354. The van der Waals surface area contributed by atoms with Gasteiger partial charge in [-0.15, -0.1) is 0 Å². The number of esters is 2. The van der Waals surface area contributed by atoms with E-state index in [1.165, 1.54) is 13.2 Å². The topological polar surface area (TPSA) is 52.6 Å². The van der Waals surface area contributed by atoms with Gasteiger partial charge in [0, 0.05) is 11.6 Å². The fraction of sp³-hybridized carbons (Fsp3) is 0.100. The van der Waals surface area contributed by atoms with Crippen molar-refractivity contribution < 1.29 is 19.1 Å². The maximum absolute atomic E-state index is 11.5. The van der Waals surface area contributed by atoms with E-state index in [0.717, 1.165) is 16.7 Å². The van der Waals surface area contributed by atoms with Crippen LogP contribution >= 0.6 is 0 Å². The van der Waals surface area contributed by atoms with Gasteiger partial charge in [0.2, 0.25) is 0 Å². The highest BCUT2D eigenvalue weighted by molar-refractivity contribution is 5.89. The van der Waals surface area contributed by atoms with Crippen molar-refractivity contribution in [3.8, 4) is 16.9 Å². The average Bonchev–Trinajstić information content (AvgIpc) is 2.60. The Bertz CT molecular complexity index is 768. The second-order valence-corrected chi connectivity index (χ2v) is 5.17. The van der Waals surface area contributed by atoms with Gasteiger partial charge in [-0.3, -0.25) is 0 Å². The minimum absolute atomic E-state index is 0.356. The Balaban J connectivity index is 2.09. The predicted octanol–water partition coefficient (Wildman–Crippen LogP) is 4.02. The summed E-state index contributed by atoms with van der Waals surface area (Å²) in [4.78, 5) is 22.5. The van der Waals surface area contributed by atoms with Crippen molar-refractivity contribution in [2.45, 2.75) is 6.92 Å². The molecule has 0 aromatic heterocycles. The van der Waals surface area contributed by atoms with Crippen LogP contribution < -0.4 is 4.74 Å². The molecular weight excluding hydrogens is 304 g/mol. The lowest BCUT2D eigenvalue weighted by Crippen LogP contribution is -2.07. The van der Waals surface area contributed by atoms with Gasteiger partial charge in [-0.2, -0.15) is 0 Å². The van der Waals surface area contributed by atoms with Gasteiger partial charge in [0.05, 0.1) is 7.11 Å². The van der Waals surface area contributed by atoms with E-state index >= 15 is 0 Å². The Hall–Kier alpha value is -3.14.